The summed E-state index contributed by atoms with van der Waals surface area (Å²) in [4.78, 5) is 0. The van der Waals surface area contributed by atoms with Gasteiger partial charge in [0.05, 0.1) is 16.1 Å². The quantitative estimate of drug-likeness (QED) is 0.917. The largest absolute Gasteiger partial charge is 0.328 e. The lowest BCUT2D eigenvalue weighted by Crippen LogP contribution is -2.20. The second-order valence-corrected chi connectivity index (χ2v) is 4.23. The second-order valence-electron chi connectivity index (χ2n) is 3.41. The van der Waals surface area contributed by atoms with Gasteiger partial charge in [0.2, 0.25) is 0 Å². The van der Waals surface area contributed by atoms with Crippen LogP contribution >= 0.6 is 23.2 Å². The Bertz CT molecular complexity index is 468. The summed E-state index contributed by atoms with van der Waals surface area (Å²) in [5, 5.41) is 5.25. The van der Waals surface area contributed by atoms with Gasteiger partial charge in [0.25, 0.3) is 0 Å². The predicted octanol–water partition coefficient (Wildman–Crippen LogP) is 2.74. The molecule has 0 bridgehead atoms. The maximum atomic E-state index is 5.97. The van der Waals surface area contributed by atoms with E-state index >= 15 is 0 Å². The molecule has 5 heteroatoms. The minimum Gasteiger partial charge on any atom is -0.328 e. The molecule has 16 heavy (non-hydrogen) atoms. The van der Waals surface area contributed by atoms with Crippen LogP contribution in [0, 0.1) is 0 Å². The molecule has 2 rings (SSSR count). The van der Waals surface area contributed by atoms with Crippen LogP contribution in [-0.4, -0.2) is 16.3 Å². The summed E-state index contributed by atoms with van der Waals surface area (Å²) in [6.45, 7) is 0.458. The molecule has 1 unspecified atom stereocenters. The number of benzene rings is 1. The van der Waals surface area contributed by atoms with Gasteiger partial charge in [-0.2, -0.15) is 5.10 Å². The van der Waals surface area contributed by atoms with Gasteiger partial charge in [-0.25, -0.2) is 0 Å². The van der Waals surface area contributed by atoms with Crippen molar-refractivity contribution in [2.45, 2.75) is 6.04 Å². The van der Waals surface area contributed by atoms with Gasteiger partial charge < -0.3 is 5.73 Å². The van der Waals surface area contributed by atoms with Crippen molar-refractivity contribution in [3.05, 3.63) is 52.3 Å². The first-order valence-corrected chi connectivity index (χ1v) is 5.62. The van der Waals surface area contributed by atoms with Crippen molar-refractivity contribution in [3.63, 3.8) is 0 Å². The molecule has 0 amide bonds. The van der Waals surface area contributed by atoms with Crippen LogP contribution in [0.3, 0.4) is 0 Å². The summed E-state index contributed by atoms with van der Waals surface area (Å²) >= 11 is 11.8. The molecule has 1 atom stereocenters. The summed E-state index contributed by atoms with van der Waals surface area (Å²) in [5.74, 6) is 0. The highest BCUT2D eigenvalue weighted by Crippen LogP contribution is 2.26. The van der Waals surface area contributed by atoms with E-state index in [0.29, 0.717) is 16.6 Å². The molecule has 1 aromatic heterocycles. The lowest BCUT2D eigenvalue weighted by atomic mass is 10.1. The van der Waals surface area contributed by atoms with Gasteiger partial charge in [-0.15, -0.1) is 0 Å². The Labute approximate surface area is 104 Å². The van der Waals surface area contributed by atoms with E-state index in [0.717, 1.165) is 5.56 Å². The lowest BCUT2D eigenvalue weighted by molar-refractivity contribution is 0.532. The van der Waals surface area contributed by atoms with Gasteiger partial charge in [-0.3, -0.25) is 4.68 Å². The van der Waals surface area contributed by atoms with Crippen molar-refractivity contribution in [2.75, 3.05) is 6.54 Å². The highest BCUT2D eigenvalue weighted by Gasteiger charge is 2.13. The number of rotatable bonds is 3. The molecule has 0 aliphatic carbocycles. The third-order valence-corrected chi connectivity index (χ3v) is 3.13. The van der Waals surface area contributed by atoms with E-state index in [2.05, 4.69) is 5.10 Å². The monoisotopic (exact) mass is 255 g/mol. The van der Waals surface area contributed by atoms with Crippen LogP contribution in [0.4, 0.5) is 0 Å². The average Bonchev–Trinajstić information content (AvgIpc) is 2.78. The van der Waals surface area contributed by atoms with Crippen LogP contribution in [0.25, 0.3) is 0 Å². The molecule has 2 N–H and O–H groups in total. The van der Waals surface area contributed by atoms with E-state index < -0.39 is 0 Å². The summed E-state index contributed by atoms with van der Waals surface area (Å²) in [6, 6.07) is 7.35. The summed E-state index contributed by atoms with van der Waals surface area (Å²) in [7, 11) is 0. The van der Waals surface area contributed by atoms with Crippen LogP contribution in [-0.2, 0) is 0 Å². The predicted molar refractivity (Wildman–Crippen MR) is 65.9 cm³/mol. The highest BCUT2D eigenvalue weighted by atomic mass is 35.5. The topological polar surface area (TPSA) is 43.8 Å². The fraction of sp³-hybridized carbons (Fsp3) is 0.182. The molecule has 2 aromatic rings. The van der Waals surface area contributed by atoms with Gasteiger partial charge in [0, 0.05) is 18.9 Å². The highest BCUT2D eigenvalue weighted by molar-refractivity contribution is 6.42. The second kappa shape index (κ2) is 4.87. The number of nitrogens with zero attached hydrogens (tertiary/aromatic N) is 2. The summed E-state index contributed by atoms with van der Waals surface area (Å²) < 4.78 is 1.81. The van der Waals surface area contributed by atoms with E-state index in [4.69, 9.17) is 28.9 Å². The van der Waals surface area contributed by atoms with Crippen molar-refractivity contribution >= 4 is 23.2 Å². The number of hydrogen-bond acceptors (Lipinski definition) is 2. The van der Waals surface area contributed by atoms with Crippen LogP contribution in [0.15, 0.2) is 36.7 Å². The number of nitrogens with two attached hydrogens (primary N) is 1. The van der Waals surface area contributed by atoms with E-state index in [9.17, 15) is 0 Å². The molecule has 0 spiro atoms. The SMILES string of the molecule is NCC(c1ccc(Cl)c(Cl)c1)n1cccn1. The fourth-order valence-electron chi connectivity index (χ4n) is 1.58. The molecule has 84 valence electrons. The fourth-order valence-corrected chi connectivity index (χ4v) is 1.89. The van der Waals surface area contributed by atoms with E-state index in [1.54, 1.807) is 16.9 Å². The van der Waals surface area contributed by atoms with E-state index in [1.165, 1.54) is 0 Å². The molecule has 1 aromatic carbocycles. The zero-order chi connectivity index (χ0) is 11.5. The Morgan fingerprint density at radius 3 is 2.69 bits per heavy atom. The maximum absolute atomic E-state index is 5.97. The molecule has 0 saturated carbocycles. The van der Waals surface area contributed by atoms with Crippen molar-refractivity contribution in [3.8, 4) is 0 Å². The number of aromatic nitrogens is 2. The minimum absolute atomic E-state index is 0.00948. The first-order valence-electron chi connectivity index (χ1n) is 4.86. The first kappa shape index (κ1) is 11.5. The molecule has 0 saturated heterocycles. The average molecular weight is 256 g/mol. The van der Waals surface area contributed by atoms with Gasteiger partial charge in [0.15, 0.2) is 0 Å². The molecule has 0 radical (unpaired) electrons. The summed E-state index contributed by atoms with van der Waals surface area (Å²) in [5.41, 5.74) is 6.75. The molecule has 0 aliphatic rings. The van der Waals surface area contributed by atoms with Crippen molar-refractivity contribution < 1.29 is 0 Å². The van der Waals surface area contributed by atoms with Gasteiger partial charge in [-0.1, -0.05) is 29.3 Å². The Hall–Kier alpha value is -1.03. The Morgan fingerprint density at radius 2 is 2.12 bits per heavy atom. The van der Waals surface area contributed by atoms with Crippen LogP contribution in [0.5, 0.6) is 0 Å². The molecular formula is C11H11Cl2N3. The van der Waals surface area contributed by atoms with Crippen LogP contribution in [0.2, 0.25) is 10.0 Å². The van der Waals surface area contributed by atoms with Crippen molar-refractivity contribution in [1.29, 1.82) is 0 Å². The number of hydrogen-bond donors (Lipinski definition) is 1. The molecule has 3 nitrogen and oxygen atoms in total. The number of halogens is 2. The normalized spacial score (nSPS) is 12.7. The Balaban J connectivity index is 2.37. The summed E-state index contributed by atoms with van der Waals surface area (Å²) in [6.07, 6.45) is 3.60. The Morgan fingerprint density at radius 1 is 1.31 bits per heavy atom. The molecule has 0 aliphatic heterocycles. The zero-order valence-electron chi connectivity index (χ0n) is 8.48. The zero-order valence-corrected chi connectivity index (χ0v) is 9.99. The van der Waals surface area contributed by atoms with Gasteiger partial charge in [0.1, 0.15) is 0 Å². The molecular weight excluding hydrogens is 245 g/mol. The van der Waals surface area contributed by atoms with Gasteiger partial charge >= 0.3 is 0 Å². The minimum atomic E-state index is -0.00948. The van der Waals surface area contributed by atoms with Crippen LogP contribution in [0.1, 0.15) is 11.6 Å². The third-order valence-electron chi connectivity index (χ3n) is 2.40. The van der Waals surface area contributed by atoms with Crippen molar-refractivity contribution in [1.82, 2.24) is 9.78 Å². The Kier molecular flexibility index (Phi) is 3.49. The van der Waals surface area contributed by atoms with Crippen LogP contribution < -0.4 is 5.73 Å². The lowest BCUT2D eigenvalue weighted by Gasteiger charge is -2.16. The van der Waals surface area contributed by atoms with E-state index in [-0.39, 0.29) is 6.04 Å². The molecule has 0 fully saturated rings. The smallest absolute Gasteiger partial charge is 0.0891 e. The van der Waals surface area contributed by atoms with Gasteiger partial charge in [-0.05, 0) is 23.8 Å². The van der Waals surface area contributed by atoms with Crippen molar-refractivity contribution in [2.24, 2.45) is 5.73 Å². The van der Waals surface area contributed by atoms with E-state index in [1.807, 2.05) is 24.4 Å². The molecule has 1 heterocycles. The maximum Gasteiger partial charge on any atom is 0.0891 e. The first-order chi connectivity index (χ1) is 7.72. The third kappa shape index (κ3) is 2.21. The standard InChI is InChI=1S/C11H11Cl2N3/c12-9-3-2-8(6-10(9)13)11(7-14)16-5-1-4-15-16/h1-6,11H,7,14H2.